The quantitative estimate of drug-likeness (QED) is 0.889. The molecule has 1 aliphatic carbocycles. The van der Waals surface area contributed by atoms with Crippen molar-refractivity contribution in [2.24, 2.45) is 5.92 Å². The number of rotatable bonds is 2. The summed E-state index contributed by atoms with van der Waals surface area (Å²) in [7, 11) is 0. The average molecular weight is 364 g/mol. The molecule has 2 amide bonds. The van der Waals surface area contributed by atoms with Crippen LogP contribution < -0.4 is 14.8 Å². The summed E-state index contributed by atoms with van der Waals surface area (Å²) < 4.78 is 10.7. The molecular formula is C21H20N2O4. The van der Waals surface area contributed by atoms with E-state index in [0.717, 1.165) is 5.56 Å². The third-order valence-electron chi connectivity index (χ3n) is 5.89. The van der Waals surface area contributed by atoms with E-state index in [0.29, 0.717) is 30.2 Å². The molecule has 1 saturated heterocycles. The molecule has 0 bridgehead atoms. The van der Waals surface area contributed by atoms with Crippen LogP contribution in [0.3, 0.4) is 0 Å². The van der Waals surface area contributed by atoms with Crippen LogP contribution >= 0.6 is 0 Å². The first-order valence-electron chi connectivity index (χ1n) is 9.16. The molecule has 2 aliphatic heterocycles. The predicted molar refractivity (Wildman–Crippen MR) is 97.7 cm³/mol. The zero-order chi connectivity index (χ0) is 18.5. The van der Waals surface area contributed by atoms with E-state index in [1.807, 2.05) is 17.0 Å². The van der Waals surface area contributed by atoms with Crippen LogP contribution in [-0.4, -0.2) is 36.6 Å². The van der Waals surface area contributed by atoms with E-state index in [2.05, 4.69) is 17.4 Å². The molecular weight excluding hydrogens is 344 g/mol. The molecule has 1 N–H and O–H groups in total. The lowest BCUT2D eigenvalue weighted by Gasteiger charge is -2.22. The van der Waals surface area contributed by atoms with Gasteiger partial charge in [0.25, 0.3) is 5.91 Å². The van der Waals surface area contributed by atoms with Gasteiger partial charge in [0, 0.05) is 37.4 Å². The minimum absolute atomic E-state index is 0.0859. The first-order chi connectivity index (χ1) is 13.1. The van der Waals surface area contributed by atoms with E-state index in [1.165, 1.54) is 5.56 Å². The molecule has 5 rings (SSSR count). The molecule has 0 spiro atoms. The highest BCUT2D eigenvalue weighted by Crippen LogP contribution is 2.49. The Labute approximate surface area is 157 Å². The van der Waals surface area contributed by atoms with Crippen LogP contribution in [0.5, 0.6) is 11.5 Å². The first kappa shape index (κ1) is 16.2. The third-order valence-corrected chi connectivity index (χ3v) is 5.89. The minimum atomic E-state index is -0.143. The zero-order valence-electron chi connectivity index (χ0n) is 15.0. The minimum Gasteiger partial charge on any atom is -0.454 e. The van der Waals surface area contributed by atoms with E-state index < -0.39 is 0 Å². The van der Waals surface area contributed by atoms with Crippen LogP contribution in [0.4, 0.5) is 0 Å². The highest BCUT2D eigenvalue weighted by molar-refractivity contribution is 5.95. The molecule has 0 aromatic heterocycles. The smallest absolute Gasteiger partial charge is 0.251 e. The van der Waals surface area contributed by atoms with Crippen LogP contribution in [0, 0.1) is 5.92 Å². The van der Waals surface area contributed by atoms with E-state index in [-0.39, 0.29) is 36.5 Å². The molecule has 2 heterocycles. The molecule has 3 atom stereocenters. The number of nitrogens with zero attached hydrogens (tertiary/aromatic N) is 1. The van der Waals surface area contributed by atoms with Crippen molar-refractivity contribution in [1.29, 1.82) is 0 Å². The number of carbonyl (C=O) groups is 2. The molecule has 0 unspecified atom stereocenters. The van der Waals surface area contributed by atoms with Crippen molar-refractivity contribution in [3.63, 3.8) is 0 Å². The Morgan fingerprint density at radius 1 is 1.04 bits per heavy atom. The van der Waals surface area contributed by atoms with E-state index in [4.69, 9.17) is 9.47 Å². The van der Waals surface area contributed by atoms with E-state index in [9.17, 15) is 9.59 Å². The van der Waals surface area contributed by atoms with Crippen LogP contribution in [0.25, 0.3) is 0 Å². The lowest BCUT2D eigenvalue weighted by molar-refractivity contribution is -0.128. The van der Waals surface area contributed by atoms with Gasteiger partial charge in [0.15, 0.2) is 11.5 Å². The summed E-state index contributed by atoms with van der Waals surface area (Å²) in [4.78, 5) is 26.7. The molecule has 3 aliphatic rings. The van der Waals surface area contributed by atoms with Crippen molar-refractivity contribution < 1.29 is 19.1 Å². The second-order valence-electron chi connectivity index (χ2n) is 7.34. The van der Waals surface area contributed by atoms with Crippen LogP contribution in [0.15, 0.2) is 42.5 Å². The van der Waals surface area contributed by atoms with Gasteiger partial charge in [-0.15, -0.1) is 0 Å². The Morgan fingerprint density at radius 2 is 1.81 bits per heavy atom. The van der Waals surface area contributed by atoms with Crippen molar-refractivity contribution in [2.45, 2.75) is 18.9 Å². The molecule has 1 fully saturated rings. The third kappa shape index (κ3) is 2.55. The van der Waals surface area contributed by atoms with Gasteiger partial charge in [-0.3, -0.25) is 9.59 Å². The monoisotopic (exact) mass is 364 g/mol. The number of ether oxygens (including phenoxy) is 2. The first-order valence-corrected chi connectivity index (χ1v) is 9.16. The largest absolute Gasteiger partial charge is 0.454 e. The van der Waals surface area contributed by atoms with E-state index in [1.54, 1.807) is 25.1 Å². The summed E-state index contributed by atoms with van der Waals surface area (Å²) in [6.07, 6.45) is 0. The van der Waals surface area contributed by atoms with Gasteiger partial charge in [-0.25, -0.2) is 0 Å². The summed E-state index contributed by atoms with van der Waals surface area (Å²) >= 11 is 0. The van der Waals surface area contributed by atoms with Crippen LogP contribution in [-0.2, 0) is 4.79 Å². The van der Waals surface area contributed by atoms with Gasteiger partial charge in [-0.05, 0) is 29.3 Å². The summed E-state index contributed by atoms with van der Waals surface area (Å²) in [5.74, 6) is 1.66. The van der Waals surface area contributed by atoms with Gasteiger partial charge in [-0.1, -0.05) is 24.3 Å². The Hall–Kier alpha value is -3.02. The van der Waals surface area contributed by atoms with Crippen molar-refractivity contribution >= 4 is 11.8 Å². The van der Waals surface area contributed by atoms with Gasteiger partial charge in [0.05, 0.1) is 6.04 Å². The van der Waals surface area contributed by atoms with Crippen molar-refractivity contribution in [1.82, 2.24) is 10.2 Å². The molecule has 6 nitrogen and oxygen atoms in total. The fourth-order valence-corrected chi connectivity index (χ4v) is 4.56. The standard InChI is InChI=1S/C21H20N2O4/c1-12(24)23-9-16-14-4-2-3-5-15(14)20(17(16)10-23)22-21(25)13-6-7-18-19(8-13)27-11-26-18/h2-8,16-17,20H,9-11H2,1H3,(H,22,25)/t16-,17-,20-/m0/s1. The number of hydrogen-bond donors (Lipinski definition) is 1. The molecule has 27 heavy (non-hydrogen) atoms. The van der Waals surface area contributed by atoms with E-state index >= 15 is 0 Å². The maximum absolute atomic E-state index is 12.9. The number of hydrogen-bond acceptors (Lipinski definition) is 4. The fourth-order valence-electron chi connectivity index (χ4n) is 4.56. The molecule has 6 heteroatoms. The highest BCUT2D eigenvalue weighted by Gasteiger charge is 2.47. The molecule has 138 valence electrons. The Kier molecular flexibility index (Phi) is 3.60. The van der Waals surface area contributed by atoms with Gasteiger partial charge >= 0.3 is 0 Å². The molecule has 0 saturated carbocycles. The predicted octanol–water partition coefficient (Wildman–Crippen LogP) is 2.46. The molecule has 2 aromatic carbocycles. The van der Waals surface area contributed by atoms with Crippen molar-refractivity contribution in [3.8, 4) is 11.5 Å². The number of nitrogens with one attached hydrogen (secondary N) is 1. The summed E-state index contributed by atoms with van der Waals surface area (Å²) in [5, 5.41) is 3.20. The average Bonchev–Trinajstić information content (AvgIpc) is 3.37. The maximum Gasteiger partial charge on any atom is 0.251 e. The SMILES string of the molecule is CC(=O)N1C[C@H]2[C@@H](C1)c1ccccc1[C@@H]2NC(=O)c1ccc2c(c1)OCO2. The van der Waals surface area contributed by atoms with Crippen molar-refractivity contribution in [2.75, 3.05) is 19.9 Å². The lowest BCUT2D eigenvalue weighted by Crippen LogP contribution is -2.34. The number of carbonyl (C=O) groups excluding carboxylic acids is 2. The Morgan fingerprint density at radius 3 is 2.63 bits per heavy atom. The van der Waals surface area contributed by atoms with Gasteiger partial charge in [0.2, 0.25) is 12.7 Å². The fraction of sp³-hybridized carbons (Fsp3) is 0.333. The summed E-state index contributed by atoms with van der Waals surface area (Å²) in [5.41, 5.74) is 2.94. The number of fused-ring (bicyclic) bond motifs is 4. The Bertz CT molecular complexity index is 942. The van der Waals surface area contributed by atoms with Crippen LogP contribution in [0.2, 0.25) is 0 Å². The van der Waals surface area contributed by atoms with Crippen LogP contribution in [0.1, 0.15) is 40.4 Å². The van der Waals surface area contributed by atoms with Gasteiger partial charge in [-0.2, -0.15) is 0 Å². The lowest BCUT2D eigenvalue weighted by atomic mass is 9.94. The van der Waals surface area contributed by atoms with Crippen molar-refractivity contribution in [3.05, 3.63) is 59.2 Å². The highest BCUT2D eigenvalue weighted by atomic mass is 16.7. The zero-order valence-corrected chi connectivity index (χ0v) is 15.0. The number of likely N-dealkylation sites (tertiary alicyclic amines) is 1. The number of benzene rings is 2. The second-order valence-corrected chi connectivity index (χ2v) is 7.34. The number of amides is 2. The normalized spacial score (nSPS) is 24.5. The second kappa shape index (κ2) is 6.01. The topological polar surface area (TPSA) is 67.9 Å². The summed E-state index contributed by atoms with van der Waals surface area (Å²) in [6, 6.07) is 13.3. The molecule has 2 aromatic rings. The van der Waals surface area contributed by atoms with Gasteiger partial charge < -0.3 is 19.7 Å². The van der Waals surface area contributed by atoms with Gasteiger partial charge in [0.1, 0.15) is 0 Å². The molecule has 0 radical (unpaired) electrons. The Balaban J connectivity index is 1.43. The maximum atomic E-state index is 12.9. The summed E-state index contributed by atoms with van der Waals surface area (Å²) in [6.45, 7) is 3.17.